The van der Waals surface area contributed by atoms with E-state index in [2.05, 4.69) is 36.5 Å². The van der Waals surface area contributed by atoms with Gasteiger partial charge in [-0.25, -0.2) is 0 Å². The number of aromatic amines is 1. The van der Waals surface area contributed by atoms with E-state index in [0.29, 0.717) is 5.92 Å². The summed E-state index contributed by atoms with van der Waals surface area (Å²) in [5.74, 6) is 0.443. The van der Waals surface area contributed by atoms with Crippen molar-refractivity contribution in [3.8, 4) is 10.7 Å². The molecule has 0 spiro atoms. The fourth-order valence-corrected chi connectivity index (χ4v) is 3.65. The van der Waals surface area contributed by atoms with Gasteiger partial charge in [0, 0.05) is 30.8 Å². The van der Waals surface area contributed by atoms with Crippen LogP contribution in [0.5, 0.6) is 0 Å². The van der Waals surface area contributed by atoms with Gasteiger partial charge in [-0.05, 0) is 25.8 Å². The maximum atomic E-state index is 4.86. The van der Waals surface area contributed by atoms with E-state index in [1.165, 1.54) is 0 Å². The molecule has 0 aromatic carbocycles. The Morgan fingerprint density at radius 3 is 3.14 bits per heavy atom. The van der Waals surface area contributed by atoms with E-state index in [1.54, 1.807) is 23.7 Å². The molecule has 3 aromatic rings. The van der Waals surface area contributed by atoms with Gasteiger partial charge in [-0.1, -0.05) is 16.5 Å². The Morgan fingerprint density at radius 1 is 1.41 bits per heavy atom. The van der Waals surface area contributed by atoms with Crippen LogP contribution in [0.3, 0.4) is 0 Å². The summed E-state index contributed by atoms with van der Waals surface area (Å²) in [6, 6.07) is 3.94. The molecule has 114 valence electrons. The molecule has 0 amide bonds. The van der Waals surface area contributed by atoms with Crippen molar-refractivity contribution in [2.45, 2.75) is 25.7 Å². The average Bonchev–Trinajstić information content (AvgIpc) is 3.28. The quantitative estimate of drug-likeness (QED) is 0.799. The zero-order valence-corrected chi connectivity index (χ0v) is 13.0. The van der Waals surface area contributed by atoms with Crippen molar-refractivity contribution in [2.75, 3.05) is 18.0 Å². The maximum Gasteiger partial charge on any atom is 0.208 e. The van der Waals surface area contributed by atoms with Crippen molar-refractivity contribution < 1.29 is 4.52 Å². The van der Waals surface area contributed by atoms with Crippen molar-refractivity contribution in [1.29, 1.82) is 0 Å². The second-order valence-corrected chi connectivity index (χ2v) is 6.49. The predicted molar refractivity (Wildman–Crippen MR) is 82.9 cm³/mol. The van der Waals surface area contributed by atoms with E-state index in [0.717, 1.165) is 53.2 Å². The van der Waals surface area contributed by atoms with E-state index in [-0.39, 0.29) is 0 Å². The molecular formula is C14H16N6OS. The second kappa shape index (κ2) is 5.53. The molecule has 1 unspecified atom stereocenters. The molecule has 4 rings (SSSR count). The molecule has 22 heavy (non-hydrogen) atoms. The van der Waals surface area contributed by atoms with Crippen LogP contribution >= 0.6 is 11.3 Å². The monoisotopic (exact) mass is 316 g/mol. The van der Waals surface area contributed by atoms with Crippen LogP contribution in [0.15, 0.2) is 22.9 Å². The SMILES string of the molecule is Cc1cc(C2CCCN(c3nnc(-c4ccon4)s3)C2)n[nH]1. The fraction of sp³-hybridized carbons (Fsp3) is 0.429. The lowest BCUT2D eigenvalue weighted by atomic mass is 9.95. The van der Waals surface area contributed by atoms with Gasteiger partial charge in [-0.15, -0.1) is 10.2 Å². The van der Waals surface area contributed by atoms with E-state index in [1.807, 2.05) is 6.92 Å². The Balaban J connectivity index is 1.53. The van der Waals surface area contributed by atoms with Crippen molar-refractivity contribution in [2.24, 2.45) is 0 Å². The first-order valence-corrected chi connectivity index (χ1v) is 8.12. The number of nitrogens with one attached hydrogen (secondary N) is 1. The Morgan fingerprint density at radius 2 is 2.36 bits per heavy atom. The summed E-state index contributed by atoms with van der Waals surface area (Å²) < 4.78 is 4.86. The summed E-state index contributed by atoms with van der Waals surface area (Å²) in [4.78, 5) is 2.29. The summed E-state index contributed by atoms with van der Waals surface area (Å²) >= 11 is 1.55. The highest BCUT2D eigenvalue weighted by atomic mass is 32.1. The van der Waals surface area contributed by atoms with E-state index in [9.17, 15) is 0 Å². The van der Waals surface area contributed by atoms with Crippen LogP contribution in [-0.4, -0.2) is 38.6 Å². The van der Waals surface area contributed by atoms with Gasteiger partial charge >= 0.3 is 0 Å². The molecular weight excluding hydrogens is 300 g/mol. The standard InChI is InChI=1S/C14H16N6OS/c1-9-7-12(16-15-9)10-3-2-5-20(8-10)14-18-17-13(22-14)11-4-6-21-19-11/h4,6-7,10H,2-3,5,8H2,1H3,(H,15,16). The number of aromatic nitrogens is 5. The Kier molecular flexibility index (Phi) is 3.38. The number of nitrogens with zero attached hydrogens (tertiary/aromatic N) is 5. The lowest BCUT2D eigenvalue weighted by Crippen LogP contribution is -2.34. The number of piperidine rings is 1. The van der Waals surface area contributed by atoms with Gasteiger partial charge in [0.25, 0.3) is 0 Å². The summed E-state index contributed by atoms with van der Waals surface area (Å²) in [7, 11) is 0. The molecule has 0 aliphatic carbocycles. The van der Waals surface area contributed by atoms with Crippen molar-refractivity contribution in [3.63, 3.8) is 0 Å². The summed E-state index contributed by atoms with van der Waals surface area (Å²) in [5, 5.41) is 21.6. The highest BCUT2D eigenvalue weighted by Crippen LogP contribution is 2.33. The zero-order valence-electron chi connectivity index (χ0n) is 12.2. The maximum absolute atomic E-state index is 4.86. The number of hydrogen-bond acceptors (Lipinski definition) is 7. The molecule has 1 saturated heterocycles. The third-order valence-electron chi connectivity index (χ3n) is 3.91. The first-order chi connectivity index (χ1) is 10.8. The minimum Gasteiger partial charge on any atom is -0.364 e. The van der Waals surface area contributed by atoms with Crippen molar-refractivity contribution in [3.05, 3.63) is 29.8 Å². The minimum absolute atomic E-state index is 0.443. The molecule has 4 heterocycles. The topological polar surface area (TPSA) is 83.7 Å². The molecule has 8 heteroatoms. The third kappa shape index (κ3) is 2.50. The molecule has 0 radical (unpaired) electrons. The predicted octanol–water partition coefficient (Wildman–Crippen LogP) is 2.61. The smallest absolute Gasteiger partial charge is 0.208 e. The largest absolute Gasteiger partial charge is 0.364 e. The fourth-order valence-electron chi connectivity index (χ4n) is 2.81. The Hall–Kier alpha value is -2.22. The summed E-state index contributed by atoms with van der Waals surface area (Å²) in [6.07, 6.45) is 3.85. The van der Waals surface area contributed by atoms with Crippen molar-refractivity contribution >= 4 is 16.5 Å². The van der Waals surface area contributed by atoms with E-state index in [4.69, 9.17) is 4.52 Å². The number of rotatable bonds is 3. The molecule has 1 atom stereocenters. The van der Waals surface area contributed by atoms with Gasteiger partial charge in [-0.2, -0.15) is 5.10 Å². The Bertz CT molecular complexity index is 749. The molecule has 0 bridgehead atoms. The van der Waals surface area contributed by atoms with Crippen LogP contribution in [0.2, 0.25) is 0 Å². The summed E-state index contributed by atoms with van der Waals surface area (Å²) in [6.45, 7) is 3.97. The zero-order chi connectivity index (χ0) is 14.9. The van der Waals surface area contributed by atoms with Crippen LogP contribution in [0.4, 0.5) is 5.13 Å². The van der Waals surface area contributed by atoms with Gasteiger partial charge in [0.15, 0.2) is 5.01 Å². The molecule has 1 aliphatic rings. The van der Waals surface area contributed by atoms with E-state index >= 15 is 0 Å². The van der Waals surface area contributed by atoms with Gasteiger partial charge in [-0.3, -0.25) is 5.10 Å². The van der Waals surface area contributed by atoms with Gasteiger partial charge in [0.1, 0.15) is 12.0 Å². The number of hydrogen-bond donors (Lipinski definition) is 1. The minimum atomic E-state index is 0.443. The van der Waals surface area contributed by atoms with Gasteiger partial charge in [0.05, 0.1) is 5.69 Å². The van der Waals surface area contributed by atoms with Gasteiger partial charge < -0.3 is 9.42 Å². The van der Waals surface area contributed by atoms with Gasteiger partial charge in [0.2, 0.25) is 5.13 Å². The number of anilines is 1. The molecule has 3 aromatic heterocycles. The molecule has 1 aliphatic heterocycles. The number of H-pyrrole nitrogens is 1. The third-order valence-corrected chi connectivity index (χ3v) is 4.91. The average molecular weight is 316 g/mol. The highest BCUT2D eigenvalue weighted by Gasteiger charge is 2.25. The molecule has 1 fully saturated rings. The van der Waals surface area contributed by atoms with Crippen molar-refractivity contribution in [1.82, 2.24) is 25.6 Å². The highest BCUT2D eigenvalue weighted by molar-refractivity contribution is 7.18. The van der Waals surface area contributed by atoms with Crippen LogP contribution < -0.4 is 4.90 Å². The second-order valence-electron chi connectivity index (χ2n) is 5.54. The van der Waals surface area contributed by atoms with Crippen LogP contribution in [0.25, 0.3) is 10.7 Å². The Labute approximate surface area is 131 Å². The normalized spacial score (nSPS) is 18.8. The number of aryl methyl sites for hydroxylation is 1. The first kappa shape index (κ1) is 13.4. The molecule has 7 nitrogen and oxygen atoms in total. The lowest BCUT2D eigenvalue weighted by Gasteiger charge is -2.31. The summed E-state index contributed by atoms with van der Waals surface area (Å²) in [5.41, 5.74) is 2.99. The van der Waals surface area contributed by atoms with Crippen LogP contribution in [0, 0.1) is 6.92 Å². The molecule has 1 N–H and O–H groups in total. The van der Waals surface area contributed by atoms with Crippen LogP contribution in [0.1, 0.15) is 30.1 Å². The van der Waals surface area contributed by atoms with Crippen LogP contribution in [-0.2, 0) is 0 Å². The van der Waals surface area contributed by atoms with E-state index < -0.39 is 0 Å². The lowest BCUT2D eigenvalue weighted by molar-refractivity contribution is 0.422. The molecule has 0 saturated carbocycles. The first-order valence-electron chi connectivity index (χ1n) is 7.31.